The molecule has 156 valence electrons. The van der Waals surface area contributed by atoms with Gasteiger partial charge in [-0.1, -0.05) is 29.4 Å². The van der Waals surface area contributed by atoms with Crippen LogP contribution in [-0.2, 0) is 12.5 Å². The minimum absolute atomic E-state index is 0.0752. The molecule has 0 bridgehead atoms. The van der Waals surface area contributed by atoms with Crippen molar-refractivity contribution in [3.05, 3.63) is 64.1 Å². The number of benzene rings is 2. The van der Waals surface area contributed by atoms with Crippen LogP contribution in [0.3, 0.4) is 0 Å². The van der Waals surface area contributed by atoms with Crippen molar-refractivity contribution < 1.29 is 18.7 Å². The van der Waals surface area contributed by atoms with Crippen LogP contribution >= 0.6 is 0 Å². The van der Waals surface area contributed by atoms with Crippen molar-refractivity contribution in [1.82, 2.24) is 9.55 Å². The Hall–Kier alpha value is -3.36. The van der Waals surface area contributed by atoms with Gasteiger partial charge in [0.15, 0.2) is 0 Å². The maximum Gasteiger partial charge on any atom is 0.335 e. The van der Waals surface area contributed by atoms with Crippen molar-refractivity contribution in [2.75, 3.05) is 18.0 Å². The van der Waals surface area contributed by atoms with Gasteiger partial charge < -0.3 is 14.6 Å². The number of aromatic nitrogens is 2. The molecule has 1 aromatic heterocycles. The van der Waals surface area contributed by atoms with E-state index in [2.05, 4.69) is 10.2 Å². The van der Waals surface area contributed by atoms with E-state index in [9.17, 15) is 23.6 Å². The van der Waals surface area contributed by atoms with Gasteiger partial charge in [-0.05, 0) is 30.2 Å². The van der Waals surface area contributed by atoms with Gasteiger partial charge in [-0.3, -0.25) is 0 Å². The van der Waals surface area contributed by atoms with Crippen LogP contribution in [-0.4, -0.2) is 39.8 Å². The molecule has 0 unspecified atom stereocenters. The molecule has 0 aliphatic carbocycles. The molecule has 3 aromatic rings. The van der Waals surface area contributed by atoms with Crippen LogP contribution in [0.5, 0.6) is 0 Å². The average Bonchev–Trinajstić information content (AvgIpc) is 3.32. The van der Waals surface area contributed by atoms with Gasteiger partial charge in [0.25, 0.3) is 5.92 Å². The number of anilines is 1. The van der Waals surface area contributed by atoms with Gasteiger partial charge in [-0.2, -0.15) is 4.91 Å². The molecule has 1 N–H and O–H groups in total. The number of hydrogen-bond acceptors (Lipinski definition) is 5. The predicted octanol–water partition coefficient (Wildman–Crippen LogP) is 4.24. The monoisotopic (exact) mass is 414 g/mol. The third-order valence-corrected chi connectivity index (χ3v) is 5.39. The standard InChI is InChI=1S/C21H20F2N4O3/c1-21(22,23)16-5-3-2-4-14(16)11-27-18-7-6-13(19(28)29)10-17(18)24-20(27)26-9-8-15(12-26)25-30/h2-7,10,15H,8-9,11-12H2,1H3,(H,28,29)/t15-/m0/s1. The summed E-state index contributed by atoms with van der Waals surface area (Å²) in [7, 11) is 0. The summed E-state index contributed by atoms with van der Waals surface area (Å²) in [6.07, 6.45) is 0.580. The fourth-order valence-corrected chi connectivity index (χ4v) is 3.91. The molecule has 2 heterocycles. The van der Waals surface area contributed by atoms with Crippen LogP contribution in [0.15, 0.2) is 47.6 Å². The molecule has 9 heteroatoms. The molecule has 1 atom stereocenters. The minimum Gasteiger partial charge on any atom is -0.478 e. The Kier molecular flexibility index (Phi) is 4.97. The van der Waals surface area contributed by atoms with E-state index >= 15 is 0 Å². The molecule has 1 saturated heterocycles. The lowest BCUT2D eigenvalue weighted by molar-refractivity contribution is 0.0164. The van der Waals surface area contributed by atoms with Gasteiger partial charge in [0.2, 0.25) is 5.95 Å². The molecular formula is C21H20F2N4O3. The van der Waals surface area contributed by atoms with Crippen molar-refractivity contribution in [1.29, 1.82) is 0 Å². The molecule has 4 rings (SSSR count). The second-order valence-corrected chi connectivity index (χ2v) is 7.55. The summed E-state index contributed by atoms with van der Waals surface area (Å²) in [4.78, 5) is 28.8. The third-order valence-electron chi connectivity index (χ3n) is 5.39. The second-order valence-electron chi connectivity index (χ2n) is 7.55. The van der Waals surface area contributed by atoms with E-state index < -0.39 is 11.9 Å². The van der Waals surface area contributed by atoms with Crippen LogP contribution in [0, 0.1) is 4.91 Å². The number of carbonyl (C=O) groups is 1. The number of halogens is 2. The highest BCUT2D eigenvalue weighted by Gasteiger charge is 2.30. The molecule has 0 spiro atoms. The largest absolute Gasteiger partial charge is 0.478 e. The van der Waals surface area contributed by atoms with Gasteiger partial charge in [0.1, 0.15) is 6.04 Å². The number of carboxylic acids is 1. The molecule has 30 heavy (non-hydrogen) atoms. The van der Waals surface area contributed by atoms with E-state index in [0.717, 1.165) is 6.92 Å². The fraction of sp³-hybridized carbons (Fsp3) is 0.333. The number of imidazole rings is 1. The third kappa shape index (κ3) is 3.62. The van der Waals surface area contributed by atoms with E-state index in [-0.39, 0.29) is 23.7 Å². The van der Waals surface area contributed by atoms with Gasteiger partial charge in [0, 0.05) is 25.6 Å². The van der Waals surface area contributed by atoms with Crippen molar-refractivity contribution in [2.45, 2.75) is 31.9 Å². The molecule has 1 aliphatic heterocycles. The second kappa shape index (κ2) is 7.47. The summed E-state index contributed by atoms with van der Waals surface area (Å²) < 4.78 is 30.1. The number of aromatic carboxylic acids is 1. The highest BCUT2D eigenvalue weighted by atomic mass is 19.3. The Morgan fingerprint density at radius 3 is 2.73 bits per heavy atom. The average molecular weight is 414 g/mol. The first-order valence-corrected chi connectivity index (χ1v) is 9.55. The van der Waals surface area contributed by atoms with E-state index in [1.165, 1.54) is 18.2 Å². The van der Waals surface area contributed by atoms with Crippen LogP contribution in [0.1, 0.15) is 34.8 Å². The van der Waals surface area contributed by atoms with E-state index in [1.807, 2.05) is 4.90 Å². The first kappa shape index (κ1) is 19.9. The molecule has 1 aliphatic rings. The lowest BCUT2D eigenvalue weighted by Gasteiger charge is -2.21. The summed E-state index contributed by atoms with van der Waals surface area (Å²) in [5, 5.41) is 12.4. The van der Waals surface area contributed by atoms with Crippen LogP contribution in [0.4, 0.5) is 14.7 Å². The smallest absolute Gasteiger partial charge is 0.335 e. The zero-order valence-electron chi connectivity index (χ0n) is 16.3. The summed E-state index contributed by atoms with van der Waals surface area (Å²) in [5.74, 6) is -3.58. The first-order valence-electron chi connectivity index (χ1n) is 9.55. The Labute approximate surface area is 170 Å². The van der Waals surface area contributed by atoms with Crippen molar-refractivity contribution in [2.24, 2.45) is 5.18 Å². The van der Waals surface area contributed by atoms with Gasteiger partial charge >= 0.3 is 5.97 Å². The van der Waals surface area contributed by atoms with Crippen molar-refractivity contribution >= 4 is 23.0 Å². The maximum absolute atomic E-state index is 14.2. The normalized spacial score (nSPS) is 16.9. The maximum atomic E-state index is 14.2. The number of fused-ring (bicyclic) bond motifs is 1. The molecule has 7 nitrogen and oxygen atoms in total. The SMILES string of the molecule is CC(F)(F)c1ccccc1Cn1c(N2CC[C@H](N=O)C2)nc2cc(C(=O)O)ccc21. The number of hydrogen-bond donors (Lipinski definition) is 1. The van der Waals surface area contributed by atoms with E-state index in [0.29, 0.717) is 42.1 Å². The van der Waals surface area contributed by atoms with Crippen molar-refractivity contribution in [3.8, 4) is 0 Å². The number of alkyl halides is 2. The Morgan fingerprint density at radius 2 is 2.07 bits per heavy atom. The zero-order chi connectivity index (χ0) is 21.5. The molecule has 0 radical (unpaired) electrons. The Bertz CT molecular complexity index is 1120. The van der Waals surface area contributed by atoms with E-state index in [4.69, 9.17) is 0 Å². The highest BCUT2D eigenvalue weighted by molar-refractivity contribution is 5.93. The number of nitrogens with zero attached hydrogens (tertiary/aromatic N) is 4. The lowest BCUT2D eigenvalue weighted by atomic mass is 10.0. The van der Waals surface area contributed by atoms with Gasteiger partial charge in [0.05, 0.1) is 23.1 Å². The molecule has 0 amide bonds. The van der Waals surface area contributed by atoms with Crippen LogP contribution in [0.2, 0.25) is 0 Å². The summed E-state index contributed by atoms with van der Waals surface area (Å²) >= 11 is 0. The molecule has 1 fully saturated rings. The minimum atomic E-state index is -3.01. The predicted molar refractivity (Wildman–Crippen MR) is 108 cm³/mol. The lowest BCUT2D eigenvalue weighted by Crippen LogP contribution is -2.25. The van der Waals surface area contributed by atoms with Crippen LogP contribution in [0.25, 0.3) is 11.0 Å². The van der Waals surface area contributed by atoms with Crippen molar-refractivity contribution in [3.63, 3.8) is 0 Å². The number of carboxylic acid groups (broad SMARTS) is 1. The number of rotatable bonds is 6. The van der Waals surface area contributed by atoms with Gasteiger partial charge in [-0.15, -0.1) is 0 Å². The molecule has 0 saturated carbocycles. The number of nitroso groups, excluding NO2 is 1. The summed E-state index contributed by atoms with van der Waals surface area (Å²) in [6, 6.07) is 10.5. The summed E-state index contributed by atoms with van der Waals surface area (Å²) in [5.41, 5.74) is 1.54. The highest BCUT2D eigenvalue weighted by Crippen LogP contribution is 2.33. The quantitative estimate of drug-likeness (QED) is 0.610. The summed E-state index contributed by atoms with van der Waals surface area (Å²) in [6.45, 7) is 1.92. The zero-order valence-corrected chi connectivity index (χ0v) is 16.3. The molecule has 2 aromatic carbocycles. The Balaban J connectivity index is 1.84. The first-order chi connectivity index (χ1) is 14.3. The topological polar surface area (TPSA) is 87.8 Å². The van der Waals surface area contributed by atoms with Gasteiger partial charge in [-0.25, -0.2) is 18.6 Å². The van der Waals surface area contributed by atoms with Crippen LogP contribution < -0.4 is 4.90 Å². The Morgan fingerprint density at radius 1 is 1.30 bits per heavy atom. The van der Waals surface area contributed by atoms with E-state index in [1.54, 1.807) is 28.8 Å². The fourth-order valence-electron chi connectivity index (χ4n) is 3.91. The molecular weight excluding hydrogens is 394 g/mol.